The Balaban J connectivity index is 1.88. The largest absolute Gasteiger partial charge is 0.434 e. The Kier molecular flexibility index (Phi) is 5.70. The fraction of sp³-hybridized carbons (Fsp3) is 0.308. The summed E-state index contributed by atoms with van der Waals surface area (Å²) in [5.74, 6) is 0.145. The third kappa shape index (κ3) is 4.70. The molecule has 0 spiro atoms. The minimum Gasteiger partial charge on any atom is -0.434 e. The molecule has 0 bridgehead atoms. The highest BCUT2D eigenvalue weighted by Gasteiger charge is 2.10. The number of ether oxygens (including phenoxy) is 1. The molecular formula is C13H13ClF2N2OS. The Morgan fingerprint density at radius 3 is 2.95 bits per heavy atom. The van der Waals surface area contributed by atoms with Gasteiger partial charge in [-0.15, -0.1) is 11.3 Å². The first-order valence-electron chi connectivity index (χ1n) is 5.97. The van der Waals surface area contributed by atoms with E-state index >= 15 is 0 Å². The molecule has 0 atom stereocenters. The van der Waals surface area contributed by atoms with Gasteiger partial charge in [0.05, 0.1) is 5.01 Å². The number of hydrogen-bond donors (Lipinski definition) is 1. The van der Waals surface area contributed by atoms with Crippen molar-refractivity contribution >= 4 is 22.9 Å². The van der Waals surface area contributed by atoms with E-state index in [-0.39, 0.29) is 5.75 Å². The molecule has 2 aromatic rings. The molecule has 0 saturated heterocycles. The summed E-state index contributed by atoms with van der Waals surface area (Å²) in [6.45, 7) is -1.73. The van der Waals surface area contributed by atoms with Crippen LogP contribution in [0.4, 0.5) is 8.78 Å². The maximum atomic E-state index is 12.3. The van der Waals surface area contributed by atoms with Gasteiger partial charge in [0.1, 0.15) is 5.75 Å². The zero-order valence-electron chi connectivity index (χ0n) is 10.5. The molecule has 1 heterocycles. The molecule has 0 amide bonds. The van der Waals surface area contributed by atoms with Crippen molar-refractivity contribution in [3.8, 4) is 5.75 Å². The molecule has 0 aliphatic rings. The third-order valence-corrected chi connectivity index (χ3v) is 3.63. The van der Waals surface area contributed by atoms with Crippen molar-refractivity contribution in [3.63, 3.8) is 0 Å². The highest BCUT2D eigenvalue weighted by molar-refractivity contribution is 7.09. The van der Waals surface area contributed by atoms with E-state index in [1.807, 2.05) is 5.38 Å². The zero-order chi connectivity index (χ0) is 14.4. The summed E-state index contributed by atoms with van der Waals surface area (Å²) < 4.78 is 29.0. The van der Waals surface area contributed by atoms with Crippen molar-refractivity contribution in [2.45, 2.75) is 19.6 Å². The van der Waals surface area contributed by atoms with Crippen LogP contribution in [0.5, 0.6) is 5.75 Å². The lowest BCUT2D eigenvalue weighted by molar-refractivity contribution is -0.0504. The number of rotatable bonds is 7. The van der Waals surface area contributed by atoms with E-state index in [9.17, 15) is 8.78 Å². The van der Waals surface area contributed by atoms with Crippen LogP contribution in [-0.4, -0.2) is 18.1 Å². The van der Waals surface area contributed by atoms with E-state index in [2.05, 4.69) is 15.0 Å². The highest BCUT2D eigenvalue weighted by Crippen LogP contribution is 2.24. The fourth-order valence-corrected chi connectivity index (χ4v) is 2.51. The van der Waals surface area contributed by atoms with E-state index in [1.165, 1.54) is 12.1 Å². The Hall–Kier alpha value is -1.24. The van der Waals surface area contributed by atoms with E-state index < -0.39 is 6.61 Å². The normalized spacial score (nSPS) is 11.0. The predicted octanol–water partition coefficient (Wildman–Crippen LogP) is 3.73. The summed E-state index contributed by atoms with van der Waals surface area (Å²) in [7, 11) is 0. The Labute approximate surface area is 124 Å². The first-order chi connectivity index (χ1) is 9.65. The average molecular weight is 319 g/mol. The second kappa shape index (κ2) is 7.52. The number of nitrogens with one attached hydrogen (secondary N) is 1. The number of thiazole rings is 1. The summed E-state index contributed by atoms with van der Waals surface area (Å²) in [5, 5.41) is 6.61. The van der Waals surface area contributed by atoms with Gasteiger partial charge in [-0.25, -0.2) is 4.98 Å². The molecule has 108 valence electrons. The van der Waals surface area contributed by atoms with Crippen LogP contribution in [0, 0.1) is 0 Å². The molecule has 1 aromatic heterocycles. The van der Waals surface area contributed by atoms with Crippen LogP contribution >= 0.6 is 22.9 Å². The zero-order valence-corrected chi connectivity index (χ0v) is 12.1. The quantitative estimate of drug-likeness (QED) is 0.790. The van der Waals surface area contributed by atoms with Crippen LogP contribution in [0.1, 0.15) is 10.6 Å². The maximum absolute atomic E-state index is 12.3. The van der Waals surface area contributed by atoms with E-state index in [1.54, 1.807) is 23.6 Å². The van der Waals surface area contributed by atoms with Crippen molar-refractivity contribution in [3.05, 3.63) is 45.4 Å². The lowest BCUT2D eigenvalue weighted by Crippen LogP contribution is -2.17. The van der Waals surface area contributed by atoms with Gasteiger partial charge in [0.15, 0.2) is 0 Å². The second-order valence-corrected chi connectivity index (χ2v) is 5.40. The van der Waals surface area contributed by atoms with Crippen LogP contribution in [0.2, 0.25) is 5.02 Å². The number of nitrogens with zero attached hydrogens (tertiary/aromatic N) is 1. The van der Waals surface area contributed by atoms with Gasteiger partial charge in [0.2, 0.25) is 0 Å². The summed E-state index contributed by atoms with van der Waals surface area (Å²) in [6.07, 6.45) is 2.55. The molecule has 0 fully saturated rings. The van der Waals surface area contributed by atoms with Gasteiger partial charge < -0.3 is 10.1 Å². The van der Waals surface area contributed by atoms with Crippen molar-refractivity contribution < 1.29 is 13.5 Å². The van der Waals surface area contributed by atoms with Crippen LogP contribution in [-0.2, 0) is 13.0 Å². The van der Waals surface area contributed by atoms with E-state index in [0.29, 0.717) is 23.7 Å². The summed E-state index contributed by atoms with van der Waals surface area (Å²) in [5.41, 5.74) is 0.608. The third-order valence-electron chi connectivity index (χ3n) is 2.55. The van der Waals surface area contributed by atoms with Crippen molar-refractivity contribution in [1.82, 2.24) is 10.3 Å². The maximum Gasteiger partial charge on any atom is 0.387 e. The van der Waals surface area contributed by atoms with Crippen LogP contribution in [0.25, 0.3) is 0 Å². The van der Waals surface area contributed by atoms with Gasteiger partial charge in [0.25, 0.3) is 0 Å². The number of benzene rings is 1. The number of hydrogen-bond acceptors (Lipinski definition) is 4. The fourth-order valence-electron chi connectivity index (χ4n) is 1.69. The summed E-state index contributed by atoms with van der Waals surface area (Å²) >= 11 is 7.46. The molecular weight excluding hydrogens is 306 g/mol. The van der Waals surface area contributed by atoms with Gasteiger partial charge in [-0.3, -0.25) is 0 Å². The monoisotopic (exact) mass is 318 g/mol. The number of aromatic nitrogens is 1. The first kappa shape index (κ1) is 15.2. The minimum atomic E-state index is -2.84. The molecule has 0 saturated carbocycles. The van der Waals surface area contributed by atoms with Gasteiger partial charge in [-0.2, -0.15) is 8.78 Å². The van der Waals surface area contributed by atoms with Gasteiger partial charge in [-0.1, -0.05) is 11.6 Å². The highest BCUT2D eigenvalue weighted by atomic mass is 35.5. The molecule has 0 aliphatic heterocycles. The molecule has 1 aromatic carbocycles. The summed E-state index contributed by atoms with van der Waals surface area (Å²) in [4.78, 5) is 4.17. The molecule has 0 aliphatic carbocycles. The molecule has 3 nitrogen and oxygen atoms in total. The molecule has 2 rings (SSSR count). The Bertz CT molecular complexity index is 537. The molecule has 0 radical (unpaired) electrons. The van der Waals surface area contributed by atoms with Crippen molar-refractivity contribution in [2.24, 2.45) is 0 Å². The standard InChI is InChI=1S/C13H13ClF2N2OS/c14-10-1-2-11(19-13(15)16)9(7-10)8-17-4-3-12-18-5-6-20-12/h1-2,5-7,13,17H,3-4,8H2. The van der Waals surface area contributed by atoms with Crippen LogP contribution in [0.15, 0.2) is 29.8 Å². The van der Waals surface area contributed by atoms with E-state index in [0.717, 1.165) is 11.4 Å². The van der Waals surface area contributed by atoms with Gasteiger partial charge >= 0.3 is 6.61 Å². The number of alkyl halides is 2. The number of halogens is 3. The Morgan fingerprint density at radius 2 is 2.25 bits per heavy atom. The van der Waals surface area contributed by atoms with Gasteiger partial charge in [0, 0.05) is 41.7 Å². The second-order valence-electron chi connectivity index (χ2n) is 3.98. The molecule has 1 N–H and O–H groups in total. The smallest absolute Gasteiger partial charge is 0.387 e. The molecule has 20 heavy (non-hydrogen) atoms. The lowest BCUT2D eigenvalue weighted by Gasteiger charge is -2.11. The van der Waals surface area contributed by atoms with Crippen molar-refractivity contribution in [1.29, 1.82) is 0 Å². The topological polar surface area (TPSA) is 34.1 Å². The minimum absolute atomic E-state index is 0.145. The first-order valence-corrected chi connectivity index (χ1v) is 7.23. The lowest BCUT2D eigenvalue weighted by atomic mass is 10.2. The van der Waals surface area contributed by atoms with Crippen LogP contribution in [0.3, 0.4) is 0 Å². The van der Waals surface area contributed by atoms with E-state index in [4.69, 9.17) is 11.6 Å². The average Bonchev–Trinajstić information content (AvgIpc) is 2.90. The summed E-state index contributed by atoms with van der Waals surface area (Å²) in [6, 6.07) is 4.60. The van der Waals surface area contributed by atoms with Crippen LogP contribution < -0.4 is 10.1 Å². The Morgan fingerprint density at radius 1 is 1.40 bits per heavy atom. The van der Waals surface area contributed by atoms with Gasteiger partial charge in [-0.05, 0) is 18.2 Å². The van der Waals surface area contributed by atoms with Crippen molar-refractivity contribution in [2.75, 3.05) is 6.54 Å². The SMILES string of the molecule is FC(F)Oc1ccc(Cl)cc1CNCCc1nccs1. The predicted molar refractivity (Wildman–Crippen MR) is 75.6 cm³/mol. The molecule has 7 heteroatoms. The molecule has 0 unspecified atom stereocenters.